The molecule has 8 nitrogen and oxygen atoms in total. The van der Waals surface area contributed by atoms with Gasteiger partial charge in [0, 0.05) is 30.1 Å². The summed E-state index contributed by atoms with van der Waals surface area (Å²) in [7, 11) is -2.71. The van der Waals surface area contributed by atoms with Crippen molar-refractivity contribution in [3.8, 4) is 5.75 Å². The average molecular weight is 655 g/mol. The molecule has 0 radical (unpaired) electrons. The number of halogens is 2. The van der Waals surface area contributed by atoms with Crippen LogP contribution in [-0.4, -0.2) is 51.4 Å². The number of ether oxygens (including phenoxy) is 1. The zero-order valence-electron chi connectivity index (χ0n) is 24.3. The number of hydrogen-bond acceptors (Lipinski definition) is 5. The third-order valence-corrected chi connectivity index (χ3v) is 9.29. The Hall–Kier alpha value is -4.05. The van der Waals surface area contributed by atoms with E-state index in [0.717, 1.165) is 9.87 Å². The average Bonchev–Trinajstić information content (AvgIpc) is 3.03. The minimum atomic E-state index is -4.20. The fourth-order valence-electron chi connectivity index (χ4n) is 4.68. The summed E-state index contributed by atoms with van der Waals surface area (Å²) in [5.74, 6) is -0.457. The van der Waals surface area contributed by atoms with Crippen molar-refractivity contribution in [3.63, 3.8) is 0 Å². The van der Waals surface area contributed by atoms with Gasteiger partial charge >= 0.3 is 0 Å². The molecule has 2 amide bonds. The summed E-state index contributed by atoms with van der Waals surface area (Å²) < 4.78 is 34.6. The van der Waals surface area contributed by atoms with Gasteiger partial charge in [0.1, 0.15) is 18.3 Å². The van der Waals surface area contributed by atoms with Crippen molar-refractivity contribution >= 4 is 50.7 Å². The van der Waals surface area contributed by atoms with E-state index in [-0.39, 0.29) is 23.5 Å². The maximum atomic E-state index is 14.4. The lowest BCUT2D eigenvalue weighted by Crippen LogP contribution is -2.53. The summed E-state index contributed by atoms with van der Waals surface area (Å²) in [5.41, 5.74) is 1.63. The van der Waals surface area contributed by atoms with Gasteiger partial charge in [-0.3, -0.25) is 13.9 Å². The normalized spacial score (nSPS) is 11.8. The summed E-state index contributed by atoms with van der Waals surface area (Å²) in [6.07, 6.45) is 0.186. The number of sulfonamides is 1. The van der Waals surface area contributed by atoms with Crippen molar-refractivity contribution in [1.29, 1.82) is 0 Å². The third-order valence-electron chi connectivity index (χ3n) is 6.92. The maximum Gasteiger partial charge on any atom is 0.264 e. The Labute approximate surface area is 268 Å². The van der Waals surface area contributed by atoms with Crippen molar-refractivity contribution < 1.29 is 22.7 Å². The van der Waals surface area contributed by atoms with Gasteiger partial charge < -0.3 is 15.0 Å². The van der Waals surface area contributed by atoms with Crippen LogP contribution in [0.1, 0.15) is 18.1 Å². The molecule has 0 saturated heterocycles. The monoisotopic (exact) mass is 653 g/mol. The second-order valence-corrected chi connectivity index (χ2v) is 12.5. The standard InChI is InChI=1S/C33H33Cl2N3O5S/c1-3-43-28-18-16-27(17-19-28)38(44(41,42)29-12-8-5-9-13-29)23-32(39)37(22-25-14-15-26(34)21-30(25)35)31(33(40)36-2)20-24-10-6-4-7-11-24/h4-19,21,31H,3,20,22-23H2,1-2H3,(H,36,40). The maximum absolute atomic E-state index is 14.4. The number of anilines is 1. The molecule has 4 aromatic rings. The van der Waals surface area contributed by atoms with Gasteiger partial charge in [0.15, 0.2) is 0 Å². The highest BCUT2D eigenvalue weighted by Gasteiger charge is 2.34. The Morgan fingerprint density at radius 1 is 0.886 bits per heavy atom. The van der Waals surface area contributed by atoms with Gasteiger partial charge in [0.2, 0.25) is 11.8 Å². The smallest absolute Gasteiger partial charge is 0.264 e. The first-order valence-electron chi connectivity index (χ1n) is 13.9. The van der Waals surface area contributed by atoms with Gasteiger partial charge in [-0.05, 0) is 66.6 Å². The number of carbonyl (C=O) groups excluding carboxylic acids is 2. The van der Waals surface area contributed by atoms with Gasteiger partial charge in [-0.25, -0.2) is 8.42 Å². The molecule has 11 heteroatoms. The van der Waals surface area contributed by atoms with Crippen molar-refractivity contribution in [3.05, 3.63) is 124 Å². The largest absolute Gasteiger partial charge is 0.494 e. The molecule has 0 fully saturated rings. The second-order valence-electron chi connectivity index (χ2n) is 9.83. The van der Waals surface area contributed by atoms with Crippen LogP contribution in [0.2, 0.25) is 10.0 Å². The second kappa shape index (κ2) is 15.1. The fraction of sp³-hybridized carbons (Fsp3) is 0.212. The number of likely N-dealkylation sites (N-methyl/N-ethyl adjacent to an activating group) is 1. The van der Waals surface area contributed by atoms with Crippen molar-refractivity contribution in [2.75, 3.05) is 24.5 Å². The molecular formula is C33H33Cl2N3O5S. The molecule has 0 aliphatic heterocycles. The zero-order chi connectivity index (χ0) is 31.7. The van der Waals surface area contributed by atoms with Gasteiger partial charge in [-0.1, -0.05) is 77.8 Å². The molecule has 0 bridgehead atoms. The van der Waals surface area contributed by atoms with Gasteiger partial charge in [0.25, 0.3) is 10.0 Å². The van der Waals surface area contributed by atoms with Crippen LogP contribution in [0.5, 0.6) is 5.75 Å². The molecule has 1 N–H and O–H groups in total. The Kier molecular flexibility index (Phi) is 11.3. The third kappa shape index (κ3) is 8.11. The number of nitrogens with one attached hydrogen (secondary N) is 1. The van der Waals surface area contributed by atoms with Gasteiger partial charge in [-0.15, -0.1) is 0 Å². The van der Waals surface area contributed by atoms with Crippen LogP contribution in [0.3, 0.4) is 0 Å². The molecule has 230 valence electrons. The molecule has 0 spiro atoms. The lowest BCUT2D eigenvalue weighted by Gasteiger charge is -2.33. The lowest BCUT2D eigenvalue weighted by molar-refractivity contribution is -0.139. The summed E-state index contributed by atoms with van der Waals surface area (Å²) >= 11 is 12.6. The zero-order valence-corrected chi connectivity index (χ0v) is 26.6. The fourth-order valence-corrected chi connectivity index (χ4v) is 6.58. The molecule has 0 heterocycles. The van der Waals surface area contributed by atoms with Crippen LogP contribution in [-0.2, 0) is 32.6 Å². The van der Waals surface area contributed by atoms with Crippen LogP contribution < -0.4 is 14.4 Å². The molecular weight excluding hydrogens is 621 g/mol. The van der Waals surface area contributed by atoms with E-state index in [2.05, 4.69) is 5.32 Å². The number of hydrogen-bond donors (Lipinski definition) is 1. The number of nitrogens with zero attached hydrogens (tertiary/aromatic N) is 2. The molecule has 44 heavy (non-hydrogen) atoms. The molecule has 0 saturated carbocycles. The molecule has 0 aliphatic rings. The van der Waals surface area contributed by atoms with Gasteiger partial charge in [-0.2, -0.15) is 0 Å². The quantitative estimate of drug-likeness (QED) is 0.192. The number of carbonyl (C=O) groups is 2. The molecule has 4 aromatic carbocycles. The van der Waals surface area contributed by atoms with E-state index in [4.69, 9.17) is 27.9 Å². The van der Waals surface area contributed by atoms with Crippen molar-refractivity contribution in [2.45, 2.75) is 30.8 Å². The number of benzene rings is 4. The Bertz CT molecular complexity index is 1670. The van der Waals surface area contributed by atoms with E-state index in [1.807, 2.05) is 37.3 Å². The van der Waals surface area contributed by atoms with Gasteiger partial charge in [0.05, 0.1) is 17.2 Å². The lowest BCUT2D eigenvalue weighted by atomic mass is 10.0. The summed E-state index contributed by atoms with van der Waals surface area (Å²) in [5, 5.41) is 3.38. The van der Waals surface area contributed by atoms with Crippen molar-refractivity contribution in [2.24, 2.45) is 0 Å². The Morgan fingerprint density at radius 3 is 2.11 bits per heavy atom. The summed E-state index contributed by atoms with van der Waals surface area (Å²) in [6, 6.07) is 27.5. The van der Waals surface area contributed by atoms with Crippen LogP contribution in [0.25, 0.3) is 0 Å². The highest BCUT2D eigenvalue weighted by Crippen LogP contribution is 2.28. The van der Waals surface area contributed by atoms with Crippen LogP contribution in [0, 0.1) is 0 Å². The first-order chi connectivity index (χ1) is 21.1. The highest BCUT2D eigenvalue weighted by atomic mass is 35.5. The van der Waals surface area contributed by atoms with Crippen LogP contribution >= 0.6 is 23.2 Å². The van der Waals surface area contributed by atoms with Crippen LogP contribution in [0.15, 0.2) is 108 Å². The Morgan fingerprint density at radius 2 is 1.52 bits per heavy atom. The summed E-state index contributed by atoms with van der Waals surface area (Å²) in [6.45, 7) is 1.63. The van der Waals surface area contributed by atoms with E-state index in [1.165, 1.54) is 24.1 Å². The predicted molar refractivity (Wildman–Crippen MR) is 174 cm³/mol. The SMILES string of the molecule is CCOc1ccc(N(CC(=O)N(Cc2ccc(Cl)cc2Cl)C(Cc2ccccc2)C(=O)NC)S(=O)(=O)c2ccccc2)cc1. The van der Waals surface area contributed by atoms with E-state index in [0.29, 0.717) is 28.0 Å². The minimum absolute atomic E-state index is 0.0149. The number of rotatable bonds is 13. The van der Waals surface area contributed by atoms with Crippen molar-refractivity contribution in [1.82, 2.24) is 10.2 Å². The van der Waals surface area contributed by atoms with E-state index in [1.54, 1.807) is 60.7 Å². The topological polar surface area (TPSA) is 96.0 Å². The number of amides is 2. The first kappa shape index (κ1) is 32.9. The van der Waals surface area contributed by atoms with E-state index in [9.17, 15) is 18.0 Å². The molecule has 1 unspecified atom stereocenters. The molecule has 0 aromatic heterocycles. The minimum Gasteiger partial charge on any atom is -0.494 e. The summed E-state index contributed by atoms with van der Waals surface area (Å²) in [4.78, 5) is 29.1. The van der Waals surface area contributed by atoms with E-state index < -0.39 is 34.4 Å². The van der Waals surface area contributed by atoms with Crippen LogP contribution in [0.4, 0.5) is 5.69 Å². The molecule has 4 rings (SSSR count). The highest BCUT2D eigenvalue weighted by molar-refractivity contribution is 7.92. The Balaban J connectivity index is 1.79. The van der Waals surface area contributed by atoms with E-state index >= 15 is 0 Å². The molecule has 1 atom stereocenters. The molecule has 0 aliphatic carbocycles. The predicted octanol–water partition coefficient (Wildman–Crippen LogP) is 5.97. The first-order valence-corrected chi connectivity index (χ1v) is 16.1.